The third-order valence-corrected chi connectivity index (χ3v) is 2.48. The van der Waals surface area contributed by atoms with Crippen molar-refractivity contribution in [2.45, 2.75) is 25.4 Å². The van der Waals surface area contributed by atoms with Crippen LogP contribution in [0.1, 0.15) is 19.3 Å². The van der Waals surface area contributed by atoms with Crippen molar-refractivity contribution in [1.29, 1.82) is 0 Å². The van der Waals surface area contributed by atoms with E-state index < -0.39 is 22.2 Å². The van der Waals surface area contributed by atoms with Crippen molar-refractivity contribution in [2.75, 3.05) is 19.3 Å². The Morgan fingerprint density at radius 2 is 1.61 bits per heavy atom. The molecule has 0 unspecified atom stereocenters. The molecule has 1 fully saturated rings. The van der Waals surface area contributed by atoms with Crippen LogP contribution in [0.5, 0.6) is 0 Å². The monoisotopic (exact) mass is 292 g/mol. The highest BCUT2D eigenvalue weighted by Crippen LogP contribution is 2.13. The van der Waals surface area contributed by atoms with Gasteiger partial charge in [-0.1, -0.05) is 6.42 Å². The molecule has 2 N–H and O–H groups in total. The van der Waals surface area contributed by atoms with Crippen LogP contribution in [0.3, 0.4) is 0 Å². The minimum absolute atomic E-state index is 0.840. The number of carbonyl (C=O) groups is 1. The molecular weight excluding hydrogens is 277 g/mol. The number of nitrogens with one attached hydrogen (secondary N) is 1. The van der Waals surface area contributed by atoms with Crippen LogP contribution in [0.2, 0.25) is 0 Å². The molecular formula is C8H15F3N2O4S. The molecule has 0 aliphatic carbocycles. The number of hydrogen-bond donors (Lipinski definition) is 2. The Balaban J connectivity index is 0.000000360. The molecule has 0 aromatic carbocycles. The molecule has 0 aromatic rings. The highest BCUT2D eigenvalue weighted by Gasteiger charge is 2.38. The lowest BCUT2D eigenvalue weighted by Gasteiger charge is -2.25. The quantitative estimate of drug-likeness (QED) is 0.777. The third kappa shape index (κ3) is 9.19. The van der Waals surface area contributed by atoms with Crippen LogP contribution < -0.4 is 4.83 Å². The fourth-order valence-corrected chi connectivity index (χ4v) is 1.87. The highest BCUT2D eigenvalue weighted by atomic mass is 32.2. The zero-order chi connectivity index (χ0) is 14.4. The first-order valence-electron chi connectivity index (χ1n) is 5.05. The number of sulfonamides is 1. The summed E-state index contributed by atoms with van der Waals surface area (Å²) in [6.07, 6.45) is -0.519. The van der Waals surface area contributed by atoms with Crippen molar-refractivity contribution in [2.24, 2.45) is 0 Å². The summed E-state index contributed by atoms with van der Waals surface area (Å²) in [5.74, 6) is -2.76. The fraction of sp³-hybridized carbons (Fsp3) is 0.875. The van der Waals surface area contributed by atoms with Gasteiger partial charge in [-0.05, 0) is 12.8 Å². The predicted octanol–water partition coefficient (Wildman–Crippen LogP) is 0.570. The number of hydrogen-bond acceptors (Lipinski definition) is 4. The molecule has 0 saturated carbocycles. The van der Waals surface area contributed by atoms with Crippen LogP contribution in [0.4, 0.5) is 13.2 Å². The minimum atomic E-state index is -5.08. The van der Waals surface area contributed by atoms with Gasteiger partial charge < -0.3 is 5.11 Å². The average molecular weight is 292 g/mol. The molecule has 1 aliphatic rings. The summed E-state index contributed by atoms with van der Waals surface area (Å²) in [5.41, 5.74) is 0. The number of alkyl halides is 3. The second kappa shape index (κ2) is 6.90. The molecule has 1 heterocycles. The van der Waals surface area contributed by atoms with Gasteiger partial charge in [0, 0.05) is 13.1 Å². The standard InChI is InChI=1S/C6H14N2O2S.C2HF3O2/c1-11(9,10)7-8-5-3-2-4-6-8;3-2(4,5)1(6)7/h7H,2-6H2,1H3;(H,6,7). The summed E-state index contributed by atoms with van der Waals surface area (Å²) in [6, 6.07) is 0. The molecule has 1 saturated heterocycles. The van der Waals surface area contributed by atoms with E-state index in [0.29, 0.717) is 0 Å². The minimum Gasteiger partial charge on any atom is -0.475 e. The maximum atomic E-state index is 10.7. The smallest absolute Gasteiger partial charge is 0.475 e. The van der Waals surface area contributed by atoms with Gasteiger partial charge in [-0.3, -0.25) is 0 Å². The van der Waals surface area contributed by atoms with E-state index in [-0.39, 0.29) is 0 Å². The number of hydrazine groups is 1. The summed E-state index contributed by atoms with van der Waals surface area (Å²) in [7, 11) is -3.05. The van der Waals surface area contributed by atoms with Gasteiger partial charge in [-0.15, -0.1) is 4.83 Å². The second-order valence-electron chi connectivity index (χ2n) is 3.71. The second-order valence-corrected chi connectivity index (χ2v) is 5.44. The Labute approximate surface area is 103 Å². The van der Waals surface area contributed by atoms with Gasteiger partial charge in [0.1, 0.15) is 0 Å². The van der Waals surface area contributed by atoms with Crippen molar-refractivity contribution in [1.82, 2.24) is 9.84 Å². The first-order chi connectivity index (χ1) is 8.02. The van der Waals surface area contributed by atoms with E-state index in [9.17, 15) is 21.6 Å². The van der Waals surface area contributed by atoms with Crippen LogP contribution in [-0.2, 0) is 14.8 Å². The SMILES string of the molecule is CS(=O)(=O)NN1CCCCC1.O=C(O)C(F)(F)F. The number of carboxylic acids is 1. The largest absolute Gasteiger partial charge is 0.490 e. The van der Waals surface area contributed by atoms with Crippen LogP contribution >= 0.6 is 0 Å². The van der Waals surface area contributed by atoms with Gasteiger partial charge in [0.25, 0.3) is 0 Å². The van der Waals surface area contributed by atoms with Crippen molar-refractivity contribution >= 4 is 16.0 Å². The van der Waals surface area contributed by atoms with Crippen molar-refractivity contribution in [3.63, 3.8) is 0 Å². The lowest BCUT2D eigenvalue weighted by atomic mass is 10.2. The molecule has 0 spiro atoms. The Kier molecular flexibility index (Phi) is 6.57. The summed E-state index contributed by atoms with van der Waals surface area (Å²) < 4.78 is 53.2. The molecule has 1 rings (SSSR count). The van der Waals surface area contributed by atoms with E-state index in [2.05, 4.69) is 4.83 Å². The molecule has 6 nitrogen and oxygen atoms in total. The zero-order valence-electron chi connectivity index (χ0n) is 9.70. The first kappa shape index (κ1) is 17.1. The van der Waals surface area contributed by atoms with Crippen molar-refractivity contribution in [3.05, 3.63) is 0 Å². The first-order valence-corrected chi connectivity index (χ1v) is 6.94. The summed E-state index contributed by atoms with van der Waals surface area (Å²) in [4.78, 5) is 11.4. The van der Waals surface area contributed by atoms with Gasteiger partial charge in [0.2, 0.25) is 10.0 Å². The number of piperidine rings is 1. The zero-order valence-corrected chi connectivity index (χ0v) is 10.5. The maximum absolute atomic E-state index is 10.7. The van der Waals surface area contributed by atoms with Crippen LogP contribution in [0.15, 0.2) is 0 Å². The molecule has 0 radical (unpaired) electrons. The van der Waals surface area contributed by atoms with Crippen molar-refractivity contribution in [3.8, 4) is 0 Å². The van der Waals surface area contributed by atoms with Crippen LogP contribution in [0, 0.1) is 0 Å². The molecule has 108 valence electrons. The number of rotatable bonds is 2. The molecule has 0 atom stereocenters. The molecule has 18 heavy (non-hydrogen) atoms. The fourth-order valence-electron chi connectivity index (χ4n) is 1.22. The van der Waals surface area contributed by atoms with Gasteiger partial charge in [-0.25, -0.2) is 18.2 Å². The van der Waals surface area contributed by atoms with Crippen LogP contribution in [-0.4, -0.2) is 50.0 Å². The van der Waals surface area contributed by atoms with Crippen LogP contribution in [0.25, 0.3) is 0 Å². The molecule has 0 aromatic heterocycles. The normalized spacial score (nSPS) is 17.8. The van der Waals surface area contributed by atoms with Gasteiger partial charge in [0.05, 0.1) is 6.26 Å². The number of aliphatic carboxylic acids is 1. The van der Waals surface area contributed by atoms with E-state index in [1.807, 2.05) is 0 Å². The number of carboxylic acid groups (broad SMARTS) is 1. The Hall–Kier alpha value is -0.870. The van der Waals surface area contributed by atoms with E-state index in [1.54, 1.807) is 5.01 Å². The lowest BCUT2D eigenvalue weighted by Crippen LogP contribution is -2.44. The predicted molar refractivity (Wildman–Crippen MR) is 57.1 cm³/mol. The van der Waals surface area contributed by atoms with E-state index in [0.717, 1.165) is 25.9 Å². The highest BCUT2D eigenvalue weighted by molar-refractivity contribution is 7.88. The topological polar surface area (TPSA) is 86.7 Å². The Morgan fingerprint density at radius 1 is 1.22 bits per heavy atom. The summed E-state index contributed by atoms with van der Waals surface area (Å²) in [5, 5.41) is 8.89. The maximum Gasteiger partial charge on any atom is 0.490 e. The lowest BCUT2D eigenvalue weighted by molar-refractivity contribution is -0.192. The Morgan fingerprint density at radius 3 is 1.89 bits per heavy atom. The molecule has 10 heteroatoms. The third-order valence-electron chi connectivity index (χ3n) is 1.89. The average Bonchev–Trinajstić information content (AvgIpc) is 2.15. The van der Waals surface area contributed by atoms with E-state index in [4.69, 9.17) is 9.90 Å². The molecule has 0 amide bonds. The van der Waals surface area contributed by atoms with Gasteiger partial charge in [-0.2, -0.15) is 13.2 Å². The summed E-state index contributed by atoms with van der Waals surface area (Å²) in [6.45, 7) is 1.68. The molecule has 1 aliphatic heterocycles. The van der Waals surface area contributed by atoms with Gasteiger partial charge in [0.15, 0.2) is 0 Å². The van der Waals surface area contributed by atoms with E-state index >= 15 is 0 Å². The van der Waals surface area contributed by atoms with Gasteiger partial charge >= 0.3 is 12.1 Å². The summed E-state index contributed by atoms with van der Waals surface area (Å²) >= 11 is 0. The molecule has 0 bridgehead atoms. The Bertz CT molecular complexity index is 363. The number of halogens is 3. The van der Waals surface area contributed by atoms with Crippen molar-refractivity contribution < 1.29 is 31.5 Å². The van der Waals surface area contributed by atoms with E-state index in [1.165, 1.54) is 12.7 Å². The number of nitrogens with zero attached hydrogens (tertiary/aromatic N) is 1.